The normalized spacial score (nSPS) is 11.8. The van der Waals surface area contributed by atoms with Crippen LogP contribution < -0.4 is 10.1 Å². The average molecular weight is 386 g/mol. The van der Waals surface area contributed by atoms with Crippen LogP contribution in [0.25, 0.3) is 11.4 Å². The van der Waals surface area contributed by atoms with E-state index in [4.69, 9.17) is 20.9 Å². The number of rotatable bonds is 7. The molecule has 7 heteroatoms. The van der Waals surface area contributed by atoms with E-state index in [1.807, 2.05) is 50.2 Å². The number of halogens is 1. The zero-order valence-electron chi connectivity index (χ0n) is 15.1. The van der Waals surface area contributed by atoms with Crippen LogP contribution in [0.4, 0.5) is 0 Å². The van der Waals surface area contributed by atoms with Crippen LogP contribution in [0.5, 0.6) is 5.75 Å². The van der Waals surface area contributed by atoms with Crippen molar-refractivity contribution in [2.75, 3.05) is 0 Å². The molecule has 0 saturated heterocycles. The fraction of sp³-hybridized carbons (Fsp3) is 0.250. The summed E-state index contributed by atoms with van der Waals surface area (Å²) in [4.78, 5) is 16.7. The zero-order chi connectivity index (χ0) is 19.2. The summed E-state index contributed by atoms with van der Waals surface area (Å²) >= 11 is 6.02. The Morgan fingerprint density at radius 3 is 2.74 bits per heavy atom. The van der Waals surface area contributed by atoms with Gasteiger partial charge in [0.15, 0.2) is 6.10 Å². The Morgan fingerprint density at radius 2 is 2.04 bits per heavy atom. The first-order valence-corrected chi connectivity index (χ1v) is 9.03. The van der Waals surface area contributed by atoms with Crippen molar-refractivity contribution in [1.29, 1.82) is 0 Å². The van der Waals surface area contributed by atoms with Gasteiger partial charge in [-0.2, -0.15) is 4.98 Å². The van der Waals surface area contributed by atoms with Crippen molar-refractivity contribution >= 4 is 17.5 Å². The Labute approximate surface area is 162 Å². The number of nitrogens with one attached hydrogen (secondary N) is 1. The van der Waals surface area contributed by atoms with Crippen LogP contribution in [0.3, 0.4) is 0 Å². The molecule has 3 rings (SSSR count). The van der Waals surface area contributed by atoms with E-state index in [9.17, 15) is 4.79 Å². The van der Waals surface area contributed by atoms with Gasteiger partial charge in [-0.05, 0) is 37.1 Å². The molecule has 1 N–H and O–H groups in total. The first-order valence-electron chi connectivity index (χ1n) is 8.65. The molecule has 1 amide bonds. The van der Waals surface area contributed by atoms with Crippen molar-refractivity contribution in [3.05, 3.63) is 65.0 Å². The van der Waals surface area contributed by atoms with Crippen LogP contribution in [0.2, 0.25) is 5.02 Å². The van der Waals surface area contributed by atoms with Gasteiger partial charge in [0.25, 0.3) is 5.91 Å². The van der Waals surface area contributed by atoms with Gasteiger partial charge in [-0.15, -0.1) is 0 Å². The molecule has 0 bridgehead atoms. The number of hydrogen-bond donors (Lipinski definition) is 1. The molecular weight excluding hydrogens is 366 g/mol. The average Bonchev–Trinajstić information content (AvgIpc) is 3.16. The number of aromatic nitrogens is 2. The Morgan fingerprint density at radius 1 is 1.26 bits per heavy atom. The molecule has 0 unspecified atom stereocenters. The smallest absolute Gasteiger partial charge is 0.261 e. The summed E-state index contributed by atoms with van der Waals surface area (Å²) in [5.74, 6) is 1.17. The van der Waals surface area contributed by atoms with Crippen LogP contribution in [0.1, 0.15) is 24.8 Å². The maximum atomic E-state index is 12.4. The number of aryl methyl sites for hydroxylation is 1. The molecular formula is C20H20ClN3O3. The maximum absolute atomic E-state index is 12.4. The number of carbonyl (C=O) groups is 1. The molecule has 1 atom stereocenters. The topological polar surface area (TPSA) is 77.2 Å². The number of nitrogens with zero attached hydrogens (tertiary/aromatic N) is 2. The molecule has 140 valence electrons. The quantitative estimate of drug-likeness (QED) is 0.660. The van der Waals surface area contributed by atoms with Crippen molar-refractivity contribution in [2.45, 2.75) is 32.9 Å². The summed E-state index contributed by atoms with van der Waals surface area (Å²) in [5, 5.41) is 7.37. The molecule has 0 aliphatic rings. The predicted molar refractivity (Wildman–Crippen MR) is 102 cm³/mol. The van der Waals surface area contributed by atoms with Gasteiger partial charge in [-0.3, -0.25) is 4.79 Å². The zero-order valence-corrected chi connectivity index (χ0v) is 15.9. The molecule has 3 aromatic rings. The van der Waals surface area contributed by atoms with Gasteiger partial charge < -0.3 is 14.6 Å². The third-order valence-corrected chi connectivity index (χ3v) is 4.41. The number of hydrogen-bond acceptors (Lipinski definition) is 5. The summed E-state index contributed by atoms with van der Waals surface area (Å²) in [6.07, 6.45) is -0.103. The van der Waals surface area contributed by atoms with Gasteiger partial charge in [0.2, 0.25) is 11.7 Å². The number of benzene rings is 2. The summed E-state index contributed by atoms with van der Waals surface area (Å²) in [6, 6.07) is 14.8. The van der Waals surface area contributed by atoms with Gasteiger partial charge in [0.1, 0.15) is 5.75 Å². The van der Waals surface area contributed by atoms with Crippen LogP contribution in [-0.2, 0) is 11.3 Å². The largest absolute Gasteiger partial charge is 0.481 e. The molecule has 0 saturated carbocycles. The van der Waals surface area contributed by atoms with Crippen molar-refractivity contribution in [3.8, 4) is 17.1 Å². The maximum Gasteiger partial charge on any atom is 0.261 e. The SMILES string of the molecule is CC[C@@H](Oc1ccc(Cl)c(C)c1)C(=O)NCc1nc(-c2ccccc2)no1. The highest BCUT2D eigenvalue weighted by Gasteiger charge is 2.19. The third kappa shape index (κ3) is 4.86. The molecule has 0 spiro atoms. The number of carbonyl (C=O) groups excluding carboxylic acids is 1. The Bertz CT molecular complexity index is 912. The first kappa shape index (κ1) is 18.9. The molecule has 0 aliphatic carbocycles. The van der Waals surface area contributed by atoms with Crippen molar-refractivity contribution in [3.63, 3.8) is 0 Å². The Hall–Kier alpha value is -2.86. The Balaban J connectivity index is 1.59. The Kier molecular flexibility index (Phi) is 6.08. The standard InChI is InChI=1S/C20H20ClN3O3/c1-3-17(26-15-9-10-16(21)13(2)11-15)20(25)22-12-18-23-19(24-27-18)14-7-5-4-6-8-14/h4-11,17H,3,12H2,1-2H3,(H,22,25)/t17-/m1/s1. The van der Waals surface area contributed by atoms with E-state index in [2.05, 4.69) is 15.5 Å². The fourth-order valence-corrected chi connectivity index (χ4v) is 2.60. The van der Waals surface area contributed by atoms with Crippen LogP contribution in [0, 0.1) is 6.92 Å². The summed E-state index contributed by atoms with van der Waals surface area (Å²) in [5.41, 5.74) is 1.75. The van der Waals surface area contributed by atoms with E-state index in [1.165, 1.54) is 0 Å². The fourth-order valence-electron chi connectivity index (χ4n) is 2.48. The van der Waals surface area contributed by atoms with Gasteiger partial charge >= 0.3 is 0 Å². The van der Waals surface area contributed by atoms with E-state index in [0.29, 0.717) is 28.9 Å². The van der Waals surface area contributed by atoms with Gasteiger partial charge in [0, 0.05) is 10.6 Å². The lowest BCUT2D eigenvalue weighted by Crippen LogP contribution is -2.37. The lowest BCUT2D eigenvalue weighted by atomic mass is 10.2. The second-order valence-electron chi connectivity index (χ2n) is 6.02. The molecule has 27 heavy (non-hydrogen) atoms. The summed E-state index contributed by atoms with van der Waals surface area (Å²) < 4.78 is 11.0. The van der Waals surface area contributed by atoms with Crippen molar-refractivity contribution in [2.24, 2.45) is 0 Å². The highest BCUT2D eigenvalue weighted by atomic mass is 35.5. The van der Waals surface area contributed by atoms with E-state index in [1.54, 1.807) is 12.1 Å². The van der Waals surface area contributed by atoms with Crippen LogP contribution in [-0.4, -0.2) is 22.2 Å². The minimum absolute atomic E-state index is 0.137. The second-order valence-corrected chi connectivity index (χ2v) is 6.43. The monoisotopic (exact) mass is 385 g/mol. The predicted octanol–water partition coefficient (Wildman–Crippen LogP) is 4.17. The van der Waals surface area contributed by atoms with Crippen molar-refractivity contribution < 1.29 is 14.1 Å². The third-order valence-electron chi connectivity index (χ3n) is 3.98. The highest BCUT2D eigenvalue weighted by molar-refractivity contribution is 6.31. The van der Waals surface area contributed by atoms with E-state index >= 15 is 0 Å². The minimum atomic E-state index is -0.623. The van der Waals surface area contributed by atoms with Gasteiger partial charge in [-0.1, -0.05) is 54.0 Å². The molecule has 1 heterocycles. The first-order chi connectivity index (χ1) is 13.1. The molecule has 1 aromatic heterocycles. The molecule has 0 radical (unpaired) electrons. The lowest BCUT2D eigenvalue weighted by molar-refractivity contribution is -0.128. The summed E-state index contributed by atoms with van der Waals surface area (Å²) in [7, 11) is 0. The second kappa shape index (κ2) is 8.68. The lowest BCUT2D eigenvalue weighted by Gasteiger charge is -2.17. The molecule has 0 aliphatic heterocycles. The van der Waals surface area contributed by atoms with E-state index in [-0.39, 0.29) is 12.5 Å². The van der Waals surface area contributed by atoms with E-state index < -0.39 is 6.10 Å². The highest BCUT2D eigenvalue weighted by Crippen LogP contribution is 2.22. The molecule has 0 fully saturated rings. The summed E-state index contributed by atoms with van der Waals surface area (Å²) in [6.45, 7) is 3.90. The number of ether oxygens (including phenoxy) is 1. The van der Waals surface area contributed by atoms with Gasteiger partial charge in [-0.25, -0.2) is 0 Å². The molecule has 6 nitrogen and oxygen atoms in total. The number of amides is 1. The van der Waals surface area contributed by atoms with Crippen LogP contribution >= 0.6 is 11.6 Å². The minimum Gasteiger partial charge on any atom is -0.481 e. The molecule has 2 aromatic carbocycles. The van der Waals surface area contributed by atoms with Crippen LogP contribution in [0.15, 0.2) is 53.1 Å². The van der Waals surface area contributed by atoms with Crippen molar-refractivity contribution in [1.82, 2.24) is 15.5 Å². The van der Waals surface area contributed by atoms with E-state index in [0.717, 1.165) is 11.1 Å². The van der Waals surface area contributed by atoms with Gasteiger partial charge in [0.05, 0.1) is 6.54 Å².